The zero-order valence-electron chi connectivity index (χ0n) is 13.5. The molecule has 1 aromatic heterocycles. The van der Waals surface area contributed by atoms with Gasteiger partial charge in [0.1, 0.15) is 0 Å². The number of hydrogen-bond donors (Lipinski definition) is 2. The molecule has 0 saturated heterocycles. The zero-order valence-corrected chi connectivity index (χ0v) is 15.8. The van der Waals surface area contributed by atoms with E-state index >= 15 is 0 Å². The normalized spacial score (nSPS) is 10.4. The average Bonchev–Trinajstić information content (AvgIpc) is 3.16. The van der Waals surface area contributed by atoms with Crippen LogP contribution in [-0.2, 0) is 6.54 Å². The van der Waals surface area contributed by atoms with E-state index in [9.17, 15) is 9.59 Å². The summed E-state index contributed by atoms with van der Waals surface area (Å²) >= 11 is 13.3. The number of carbonyl (C=O) groups excluding carboxylic acids is 2. The quantitative estimate of drug-likeness (QED) is 0.610. The van der Waals surface area contributed by atoms with Crippen LogP contribution in [0.4, 0.5) is 5.69 Å². The molecule has 132 valence electrons. The van der Waals surface area contributed by atoms with Crippen LogP contribution in [0.2, 0.25) is 10.0 Å². The molecule has 1 heterocycles. The molecule has 2 amide bonds. The van der Waals surface area contributed by atoms with Gasteiger partial charge in [-0.15, -0.1) is 11.3 Å². The maximum absolute atomic E-state index is 12.4. The predicted octanol–water partition coefficient (Wildman–Crippen LogP) is 5.24. The van der Waals surface area contributed by atoms with Gasteiger partial charge in [0, 0.05) is 27.8 Å². The fraction of sp³-hybridized carbons (Fsp3) is 0.0526. The number of benzene rings is 2. The van der Waals surface area contributed by atoms with E-state index in [-0.39, 0.29) is 18.4 Å². The number of thiophene rings is 1. The highest BCUT2D eigenvalue weighted by atomic mass is 35.5. The summed E-state index contributed by atoms with van der Waals surface area (Å²) in [6.45, 7) is 0.278. The van der Waals surface area contributed by atoms with E-state index in [1.165, 1.54) is 11.3 Å². The molecular weight excluding hydrogens is 391 g/mol. The van der Waals surface area contributed by atoms with Crippen molar-refractivity contribution in [3.05, 3.63) is 86.0 Å². The van der Waals surface area contributed by atoms with Gasteiger partial charge in [-0.2, -0.15) is 0 Å². The Morgan fingerprint density at radius 3 is 2.54 bits per heavy atom. The van der Waals surface area contributed by atoms with Crippen LogP contribution in [0.25, 0.3) is 0 Å². The Morgan fingerprint density at radius 1 is 0.962 bits per heavy atom. The van der Waals surface area contributed by atoms with Crippen LogP contribution >= 0.6 is 34.5 Å². The fourth-order valence-electron chi connectivity index (χ4n) is 2.28. The number of nitrogens with one attached hydrogen (secondary N) is 2. The summed E-state index contributed by atoms with van der Waals surface area (Å²) in [6.07, 6.45) is 0. The molecule has 3 aromatic rings. The third-order valence-electron chi connectivity index (χ3n) is 3.58. The van der Waals surface area contributed by atoms with Crippen molar-refractivity contribution in [1.29, 1.82) is 0 Å². The molecule has 26 heavy (non-hydrogen) atoms. The molecule has 3 rings (SSSR count). The van der Waals surface area contributed by atoms with Gasteiger partial charge >= 0.3 is 0 Å². The summed E-state index contributed by atoms with van der Waals surface area (Å²) < 4.78 is 0. The van der Waals surface area contributed by atoms with Gasteiger partial charge in [0.05, 0.1) is 4.88 Å². The third kappa shape index (κ3) is 4.64. The molecule has 0 aliphatic heterocycles. The van der Waals surface area contributed by atoms with Gasteiger partial charge in [-0.05, 0) is 47.3 Å². The van der Waals surface area contributed by atoms with Gasteiger partial charge in [-0.25, -0.2) is 0 Å². The summed E-state index contributed by atoms with van der Waals surface area (Å²) in [7, 11) is 0. The maximum Gasteiger partial charge on any atom is 0.265 e. The summed E-state index contributed by atoms with van der Waals surface area (Å²) in [5, 5.41) is 8.46. The predicted molar refractivity (Wildman–Crippen MR) is 106 cm³/mol. The molecule has 0 spiro atoms. The Balaban J connectivity index is 1.65. The van der Waals surface area contributed by atoms with Crippen LogP contribution in [-0.4, -0.2) is 11.8 Å². The highest BCUT2D eigenvalue weighted by Crippen LogP contribution is 2.21. The molecule has 0 radical (unpaired) electrons. The molecule has 0 unspecified atom stereocenters. The van der Waals surface area contributed by atoms with Gasteiger partial charge in [-0.3, -0.25) is 9.59 Å². The van der Waals surface area contributed by atoms with E-state index in [0.29, 0.717) is 26.2 Å². The lowest BCUT2D eigenvalue weighted by Crippen LogP contribution is -2.23. The van der Waals surface area contributed by atoms with Crippen molar-refractivity contribution in [3.8, 4) is 0 Å². The minimum atomic E-state index is -0.261. The van der Waals surface area contributed by atoms with E-state index in [4.69, 9.17) is 23.2 Å². The summed E-state index contributed by atoms with van der Waals surface area (Å²) in [4.78, 5) is 25.1. The van der Waals surface area contributed by atoms with E-state index in [2.05, 4.69) is 10.6 Å². The van der Waals surface area contributed by atoms with Crippen LogP contribution in [0.3, 0.4) is 0 Å². The lowest BCUT2D eigenvalue weighted by molar-refractivity contribution is 0.0949. The SMILES string of the molecule is O=C(NCc1ccc(Cl)cc1Cl)c1cccc(NC(=O)c2cccs2)c1. The number of carbonyl (C=O) groups is 2. The molecular formula is C19H14Cl2N2O2S. The minimum absolute atomic E-state index is 0.203. The topological polar surface area (TPSA) is 58.2 Å². The number of halogens is 2. The Kier molecular flexibility index (Phi) is 5.93. The molecule has 0 aliphatic carbocycles. The smallest absolute Gasteiger partial charge is 0.265 e. The highest BCUT2D eigenvalue weighted by Gasteiger charge is 2.10. The number of anilines is 1. The minimum Gasteiger partial charge on any atom is -0.348 e. The van der Waals surface area contributed by atoms with Crippen molar-refractivity contribution in [1.82, 2.24) is 5.32 Å². The van der Waals surface area contributed by atoms with Crippen molar-refractivity contribution in [2.24, 2.45) is 0 Å². The van der Waals surface area contributed by atoms with Crippen LogP contribution in [0.5, 0.6) is 0 Å². The van der Waals surface area contributed by atoms with Crippen molar-refractivity contribution < 1.29 is 9.59 Å². The van der Waals surface area contributed by atoms with Crippen LogP contribution in [0, 0.1) is 0 Å². The van der Waals surface area contributed by atoms with Gasteiger partial charge in [0.15, 0.2) is 0 Å². The summed E-state index contributed by atoms with van der Waals surface area (Å²) in [5.41, 5.74) is 1.77. The first-order chi connectivity index (χ1) is 12.5. The molecule has 7 heteroatoms. The molecule has 4 nitrogen and oxygen atoms in total. The van der Waals surface area contributed by atoms with Gasteiger partial charge in [0.25, 0.3) is 11.8 Å². The van der Waals surface area contributed by atoms with Gasteiger partial charge < -0.3 is 10.6 Å². The molecule has 0 fully saturated rings. The van der Waals surface area contributed by atoms with E-state index < -0.39 is 0 Å². The standard InChI is InChI=1S/C19H14Cl2N2O2S/c20-14-7-6-13(16(21)10-14)11-22-18(24)12-3-1-4-15(9-12)23-19(25)17-5-2-8-26-17/h1-10H,11H2,(H,22,24)(H,23,25). The number of rotatable bonds is 5. The Bertz CT molecular complexity index is 942. The first kappa shape index (κ1) is 18.5. The average molecular weight is 405 g/mol. The van der Waals surface area contributed by atoms with E-state index in [1.807, 2.05) is 11.4 Å². The summed E-state index contributed by atoms with van der Waals surface area (Å²) in [6, 6.07) is 15.4. The van der Waals surface area contributed by atoms with E-state index in [0.717, 1.165) is 5.56 Å². The molecule has 2 N–H and O–H groups in total. The molecule has 0 bridgehead atoms. The van der Waals surface area contributed by atoms with Crippen molar-refractivity contribution in [3.63, 3.8) is 0 Å². The maximum atomic E-state index is 12.4. The van der Waals surface area contributed by atoms with Crippen molar-refractivity contribution in [2.45, 2.75) is 6.54 Å². The number of amides is 2. The lowest BCUT2D eigenvalue weighted by Gasteiger charge is -2.09. The Labute approximate surface area is 164 Å². The Morgan fingerprint density at radius 2 is 1.81 bits per heavy atom. The summed E-state index contributed by atoms with van der Waals surface area (Å²) in [5.74, 6) is -0.464. The van der Waals surface area contributed by atoms with Crippen LogP contribution in [0.15, 0.2) is 60.0 Å². The Hall–Kier alpha value is -2.34. The fourth-order valence-corrected chi connectivity index (χ4v) is 3.38. The van der Waals surface area contributed by atoms with E-state index in [1.54, 1.807) is 48.5 Å². The van der Waals surface area contributed by atoms with Crippen molar-refractivity contribution >= 4 is 52.0 Å². The second-order valence-corrected chi connectivity index (χ2v) is 7.22. The molecule has 0 saturated carbocycles. The third-order valence-corrected chi connectivity index (χ3v) is 5.04. The van der Waals surface area contributed by atoms with Crippen LogP contribution in [0.1, 0.15) is 25.6 Å². The molecule has 2 aromatic carbocycles. The highest BCUT2D eigenvalue weighted by molar-refractivity contribution is 7.12. The number of hydrogen-bond acceptors (Lipinski definition) is 3. The second kappa shape index (κ2) is 8.36. The molecule has 0 aliphatic rings. The van der Waals surface area contributed by atoms with Crippen molar-refractivity contribution in [2.75, 3.05) is 5.32 Å². The first-order valence-electron chi connectivity index (χ1n) is 7.70. The second-order valence-electron chi connectivity index (χ2n) is 5.43. The monoisotopic (exact) mass is 404 g/mol. The zero-order chi connectivity index (χ0) is 18.5. The van der Waals surface area contributed by atoms with Crippen LogP contribution < -0.4 is 10.6 Å². The first-order valence-corrected chi connectivity index (χ1v) is 9.33. The lowest BCUT2D eigenvalue weighted by atomic mass is 10.1. The van der Waals surface area contributed by atoms with Gasteiger partial charge in [-0.1, -0.05) is 41.4 Å². The molecule has 0 atom stereocenters. The largest absolute Gasteiger partial charge is 0.348 e. The van der Waals surface area contributed by atoms with Gasteiger partial charge in [0.2, 0.25) is 0 Å².